The van der Waals surface area contributed by atoms with Crippen LogP contribution in [0, 0.1) is 19.3 Å². The van der Waals surface area contributed by atoms with E-state index >= 15 is 0 Å². The second kappa shape index (κ2) is 6.51. The number of benzene rings is 1. The van der Waals surface area contributed by atoms with E-state index in [0.717, 1.165) is 36.9 Å². The van der Waals surface area contributed by atoms with Crippen molar-refractivity contribution in [1.29, 1.82) is 0 Å². The standard InChI is InChI=1S/C18H26N2O2/c1-12-9-10-15(11-13(12)2)20-17(22)18(3,4)16(21)19-14-7-5-6-8-14/h9-11,14H,5-8H2,1-4H3,(H,19,21)(H,20,22). The molecule has 22 heavy (non-hydrogen) atoms. The number of anilines is 1. The molecule has 1 aliphatic carbocycles. The molecule has 4 nitrogen and oxygen atoms in total. The molecule has 1 saturated carbocycles. The lowest BCUT2D eigenvalue weighted by atomic mass is 9.90. The van der Waals surface area contributed by atoms with Gasteiger partial charge in [-0.1, -0.05) is 18.9 Å². The first-order valence-electron chi connectivity index (χ1n) is 8.00. The van der Waals surface area contributed by atoms with Gasteiger partial charge in [0.2, 0.25) is 11.8 Å². The quantitative estimate of drug-likeness (QED) is 0.838. The maximum atomic E-state index is 12.5. The van der Waals surface area contributed by atoms with Crippen LogP contribution in [0.1, 0.15) is 50.7 Å². The smallest absolute Gasteiger partial charge is 0.239 e. The van der Waals surface area contributed by atoms with Crippen LogP contribution < -0.4 is 10.6 Å². The minimum Gasteiger partial charge on any atom is -0.352 e. The van der Waals surface area contributed by atoms with Gasteiger partial charge in [-0.25, -0.2) is 0 Å². The van der Waals surface area contributed by atoms with Crippen LogP contribution in [0.15, 0.2) is 18.2 Å². The molecule has 1 fully saturated rings. The van der Waals surface area contributed by atoms with E-state index < -0.39 is 5.41 Å². The van der Waals surface area contributed by atoms with E-state index in [0.29, 0.717) is 0 Å². The lowest BCUT2D eigenvalue weighted by Crippen LogP contribution is -2.47. The highest BCUT2D eigenvalue weighted by molar-refractivity contribution is 6.09. The average Bonchev–Trinajstić information content (AvgIpc) is 2.95. The van der Waals surface area contributed by atoms with E-state index in [1.807, 2.05) is 32.0 Å². The molecule has 1 aliphatic rings. The molecule has 0 heterocycles. The van der Waals surface area contributed by atoms with Crippen LogP contribution in [0.25, 0.3) is 0 Å². The molecule has 0 saturated heterocycles. The third kappa shape index (κ3) is 3.67. The summed E-state index contributed by atoms with van der Waals surface area (Å²) in [4.78, 5) is 24.9. The minimum absolute atomic E-state index is 0.194. The molecule has 4 heteroatoms. The van der Waals surface area contributed by atoms with Crippen LogP contribution in [-0.4, -0.2) is 17.9 Å². The molecular formula is C18H26N2O2. The normalized spacial score (nSPS) is 15.6. The molecule has 2 rings (SSSR count). The summed E-state index contributed by atoms with van der Waals surface area (Å²) in [6, 6.07) is 5.99. The summed E-state index contributed by atoms with van der Waals surface area (Å²) in [6.45, 7) is 7.38. The number of amides is 2. The van der Waals surface area contributed by atoms with E-state index in [-0.39, 0.29) is 17.9 Å². The predicted octanol–water partition coefficient (Wildman–Crippen LogP) is 3.33. The lowest BCUT2D eigenvalue weighted by molar-refractivity contribution is -0.138. The summed E-state index contributed by atoms with van der Waals surface area (Å²) >= 11 is 0. The van der Waals surface area contributed by atoms with Crippen molar-refractivity contribution in [1.82, 2.24) is 5.32 Å². The molecule has 0 radical (unpaired) electrons. The van der Waals surface area contributed by atoms with Crippen molar-refractivity contribution in [2.75, 3.05) is 5.32 Å². The summed E-state index contributed by atoms with van der Waals surface area (Å²) < 4.78 is 0. The zero-order chi connectivity index (χ0) is 16.3. The van der Waals surface area contributed by atoms with Crippen LogP contribution in [0.3, 0.4) is 0 Å². The van der Waals surface area contributed by atoms with Gasteiger partial charge in [0.25, 0.3) is 0 Å². The first-order valence-corrected chi connectivity index (χ1v) is 8.00. The molecule has 0 unspecified atom stereocenters. The Kier molecular flexibility index (Phi) is 4.89. The Morgan fingerprint density at radius 2 is 1.68 bits per heavy atom. The molecule has 0 aliphatic heterocycles. The van der Waals surface area contributed by atoms with Gasteiger partial charge in [-0.2, -0.15) is 0 Å². The fraction of sp³-hybridized carbons (Fsp3) is 0.556. The van der Waals surface area contributed by atoms with Crippen molar-refractivity contribution < 1.29 is 9.59 Å². The van der Waals surface area contributed by atoms with E-state index in [9.17, 15) is 9.59 Å². The lowest BCUT2D eigenvalue weighted by Gasteiger charge is -2.25. The molecule has 0 atom stereocenters. The molecule has 2 amide bonds. The predicted molar refractivity (Wildman–Crippen MR) is 88.7 cm³/mol. The third-order valence-corrected chi connectivity index (χ3v) is 4.59. The van der Waals surface area contributed by atoms with Gasteiger partial charge < -0.3 is 10.6 Å². The van der Waals surface area contributed by atoms with Crippen LogP contribution in [-0.2, 0) is 9.59 Å². The van der Waals surface area contributed by atoms with Gasteiger partial charge in [0, 0.05) is 11.7 Å². The van der Waals surface area contributed by atoms with Crippen molar-refractivity contribution in [2.24, 2.45) is 5.41 Å². The Hall–Kier alpha value is -1.84. The number of aryl methyl sites for hydroxylation is 2. The number of hydrogen-bond donors (Lipinski definition) is 2. The molecule has 1 aromatic carbocycles. The van der Waals surface area contributed by atoms with Crippen LogP contribution in [0.4, 0.5) is 5.69 Å². The van der Waals surface area contributed by atoms with Gasteiger partial charge in [0.05, 0.1) is 0 Å². The topological polar surface area (TPSA) is 58.2 Å². The molecule has 0 bridgehead atoms. The summed E-state index contributed by atoms with van der Waals surface area (Å²) in [5, 5.41) is 5.86. The summed E-state index contributed by atoms with van der Waals surface area (Å²) in [5.41, 5.74) is 1.94. The molecule has 2 N–H and O–H groups in total. The molecule has 0 aromatic heterocycles. The van der Waals surface area contributed by atoms with Gasteiger partial charge in [-0.3, -0.25) is 9.59 Å². The molecular weight excluding hydrogens is 276 g/mol. The first-order chi connectivity index (χ1) is 10.3. The maximum Gasteiger partial charge on any atom is 0.239 e. The van der Waals surface area contributed by atoms with Gasteiger partial charge in [0.1, 0.15) is 5.41 Å². The van der Waals surface area contributed by atoms with Gasteiger partial charge >= 0.3 is 0 Å². The van der Waals surface area contributed by atoms with Crippen LogP contribution in [0.5, 0.6) is 0 Å². The fourth-order valence-electron chi connectivity index (χ4n) is 2.65. The Morgan fingerprint density at radius 1 is 1.05 bits per heavy atom. The van der Waals surface area contributed by atoms with E-state index in [1.165, 1.54) is 5.56 Å². The summed E-state index contributed by atoms with van der Waals surface area (Å²) in [5.74, 6) is -0.466. The monoisotopic (exact) mass is 302 g/mol. The zero-order valence-corrected chi connectivity index (χ0v) is 14.0. The maximum absolute atomic E-state index is 12.5. The van der Waals surface area contributed by atoms with Crippen molar-refractivity contribution >= 4 is 17.5 Å². The first kappa shape index (κ1) is 16.5. The Labute approximate surface area is 132 Å². The van der Waals surface area contributed by atoms with Gasteiger partial charge in [0.15, 0.2) is 0 Å². The number of carbonyl (C=O) groups excluding carboxylic acids is 2. The van der Waals surface area contributed by atoms with Crippen molar-refractivity contribution in [3.05, 3.63) is 29.3 Å². The zero-order valence-electron chi connectivity index (χ0n) is 14.0. The average molecular weight is 302 g/mol. The highest BCUT2D eigenvalue weighted by atomic mass is 16.2. The molecule has 120 valence electrons. The largest absolute Gasteiger partial charge is 0.352 e. The summed E-state index contributed by atoms with van der Waals surface area (Å²) in [6.07, 6.45) is 4.33. The second-order valence-electron chi connectivity index (χ2n) is 6.83. The Balaban J connectivity index is 2.02. The highest BCUT2D eigenvalue weighted by Gasteiger charge is 2.37. The number of hydrogen-bond acceptors (Lipinski definition) is 2. The summed E-state index contributed by atoms with van der Waals surface area (Å²) in [7, 11) is 0. The minimum atomic E-state index is -1.08. The van der Waals surface area contributed by atoms with Crippen LogP contribution >= 0.6 is 0 Å². The van der Waals surface area contributed by atoms with E-state index in [4.69, 9.17) is 0 Å². The Bertz CT molecular complexity index is 572. The number of rotatable bonds is 4. The van der Waals surface area contributed by atoms with E-state index in [2.05, 4.69) is 10.6 Å². The van der Waals surface area contributed by atoms with Crippen molar-refractivity contribution in [3.63, 3.8) is 0 Å². The van der Waals surface area contributed by atoms with E-state index in [1.54, 1.807) is 13.8 Å². The van der Waals surface area contributed by atoms with Crippen molar-refractivity contribution in [2.45, 2.75) is 59.4 Å². The van der Waals surface area contributed by atoms with Gasteiger partial charge in [-0.15, -0.1) is 0 Å². The SMILES string of the molecule is Cc1ccc(NC(=O)C(C)(C)C(=O)NC2CCCC2)cc1C. The molecule has 0 spiro atoms. The van der Waals surface area contributed by atoms with Crippen LogP contribution in [0.2, 0.25) is 0 Å². The van der Waals surface area contributed by atoms with Crippen molar-refractivity contribution in [3.8, 4) is 0 Å². The third-order valence-electron chi connectivity index (χ3n) is 4.59. The highest BCUT2D eigenvalue weighted by Crippen LogP contribution is 2.23. The Morgan fingerprint density at radius 3 is 2.27 bits per heavy atom. The second-order valence-corrected chi connectivity index (χ2v) is 6.83. The van der Waals surface area contributed by atoms with Gasteiger partial charge in [-0.05, 0) is 63.8 Å². The number of nitrogens with one attached hydrogen (secondary N) is 2. The fourth-order valence-corrected chi connectivity index (χ4v) is 2.65. The number of carbonyl (C=O) groups is 2. The molecule has 1 aromatic rings.